The summed E-state index contributed by atoms with van der Waals surface area (Å²) in [6.07, 6.45) is 3.09. The molecule has 1 unspecified atom stereocenters. The Kier molecular flexibility index (Phi) is 3.71. The predicted molar refractivity (Wildman–Crippen MR) is 58.8 cm³/mol. The third-order valence-corrected chi connectivity index (χ3v) is 3.05. The van der Waals surface area contributed by atoms with Crippen molar-refractivity contribution in [2.45, 2.75) is 25.7 Å². The monoisotopic (exact) mass is 240 g/mol. The van der Waals surface area contributed by atoms with E-state index >= 15 is 0 Å². The second-order valence-corrected chi connectivity index (χ2v) is 4.27. The molecular formula is C13H14F2O2. The highest BCUT2D eigenvalue weighted by atomic mass is 19.1. The molecule has 0 heterocycles. The number of carbonyl (C=O) groups is 1. The van der Waals surface area contributed by atoms with Crippen molar-refractivity contribution in [1.82, 2.24) is 0 Å². The van der Waals surface area contributed by atoms with E-state index < -0.39 is 11.6 Å². The predicted octanol–water partition coefficient (Wildman–Crippen LogP) is 3.10. The van der Waals surface area contributed by atoms with Crippen molar-refractivity contribution in [3.63, 3.8) is 0 Å². The Balaban J connectivity index is 1.83. The van der Waals surface area contributed by atoms with Crippen molar-refractivity contribution in [1.29, 1.82) is 0 Å². The standard InChI is InChI=1S/C13H14F2O2/c14-10-4-5-13(11(15)8-10)17-7-6-9-2-1-3-12(9)16/h4-5,8-9H,1-3,6-7H2. The van der Waals surface area contributed by atoms with Crippen LogP contribution in [0.15, 0.2) is 18.2 Å². The van der Waals surface area contributed by atoms with E-state index in [1.165, 1.54) is 6.07 Å². The minimum atomic E-state index is -0.706. The summed E-state index contributed by atoms with van der Waals surface area (Å²) in [5.41, 5.74) is 0. The van der Waals surface area contributed by atoms with Crippen molar-refractivity contribution in [2.75, 3.05) is 6.61 Å². The SMILES string of the molecule is O=C1CCCC1CCOc1ccc(F)cc1F. The van der Waals surface area contributed by atoms with Gasteiger partial charge in [0.1, 0.15) is 11.6 Å². The van der Waals surface area contributed by atoms with Gasteiger partial charge in [-0.05, 0) is 31.4 Å². The van der Waals surface area contributed by atoms with E-state index in [1.54, 1.807) is 0 Å². The summed E-state index contributed by atoms with van der Waals surface area (Å²) in [5.74, 6) is -0.966. The van der Waals surface area contributed by atoms with Gasteiger partial charge in [0.2, 0.25) is 0 Å². The van der Waals surface area contributed by atoms with Crippen molar-refractivity contribution in [3.8, 4) is 5.75 Å². The maximum absolute atomic E-state index is 13.2. The van der Waals surface area contributed by atoms with Crippen LogP contribution in [0.25, 0.3) is 0 Å². The van der Waals surface area contributed by atoms with Crippen LogP contribution >= 0.6 is 0 Å². The summed E-state index contributed by atoms with van der Waals surface area (Å²) >= 11 is 0. The lowest BCUT2D eigenvalue weighted by atomic mass is 10.0. The number of hydrogen-bond donors (Lipinski definition) is 0. The van der Waals surface area contributed by atoms with Crippen LogP contribution in [0.3, 0.4) is 0 Å². The molecule has 2 nitrogen and oxygen atoms in total. The average Bonchev–Trinajstić information content (AvgIpc) is 2.68. The summed E-state index contributed by atoms with van der Waals surface area (Å²) in [6, 6.07) is 3.20. The Labute approximate surface area is 98.6 Å². The first-order valence-electron chi connectivity index (χ1n) is 5.77. The fraction of sp³-hybridized carbons (Fsp3) is 0.462. The first-order chi connectivity index (χ1) is 8.16. The summed E-state index contributed by atoms with van der Waals surface area (Å²) in [4.78, 5) is 11.3. The number of halogens is 2. The van der Waals surface area contributed by atoms with Crippen LogP contribution in [0.5, 0.6) is 5.75 Å². The normalized spacial score (nSPS) is 19.6. The van der Waals surface area contributed by atoms with Gasteiger partial charge < -0.3 is 4.74 Å². The van der Waals surface area contributed by atoms with Crippen LogP contribution in [-0.2, 0) is 4.79 Å². The Bertz CT molecular complexity index is 418. The first-order valence-corrected chi connectivity index (χ1v) is 5.77. The summed E-state index contributed by atoms with van der Waals surface area (Å²) in [6.45, 7) is 0.291. The largest absolute Gasteiger partial charge is 0.490 e. The van der Waals surface area contributed by atoms with Crippen LogP contribution in [0, 0.1) is 17.6 Å². The fourth-order valence-electron chi connectivity index (χ4n) is 2.10. The minimum absolute atomic E-state index is 0.0387. The zero-order valence-corrected chi connectivity index (χ0v) is 9.42. The molecule has 0 radical (unpaired) electrons. The number of benzene rings is 1. The van der Waals surface area contributed by atoms with E-state index in [0.29, 0.717) is 19.4 Å². The van der Waals surface area contributed by atoms with E-state index in [4.69, 9.17) is 4.74 Å². The molecule has 1 aromatic rings. The van der Waals surface area contributed by atoms with Gasteiger partial charge in [-0.3, -0.25) is 4.79 Å². The maximum atomic E-state index is 13.2. The highest BCUT2D eigenvalue weighted by Crippen LogP contribution is 2.25. The molecule has 1 aliphatic carbocycles. The minimum Gasteiger partial charge on any atom is -0.490 e. The highest BCUT2D eigenvalue weighted by Gasteiger charge is 2.23. The van der Waals surface area contributed by atoms with Crippen molar-refractivity contribution >= 4 is 5.78 Å². The van der Waals surface area contributed by atoms with E-state index in [9.17, 15) is 13.6 Å². The lowest BCUT2D eigenvalue weighted by Gasteiger charge is -2.10. The van der Waals surface area contributed by atoms with Crippen LogP contribution in [0.4, 0.5) is 8.78 Å². The molecule has 1 saturated carbocycles. The van der Waals surface area contributed by atoms with Crippen LogP contribution in [0.1, 0.15) is 25.7 Å². The van der Waals surface area contributed by atoms with Crippen molar-refractivity contribution in [2.24, 2.45) is 5.92 Å². The molecule has 0 bridgehead atoms. The topological polar surface area (TPSA) is 26.3 Å². The first kappa shape index (κ1) is 12.0. The van der Waals surface area contributed by atoms with Crippen LogP contribution in [-0.4, -0.2) is 12.4 Å². The van der Waals surface area contributed by atoms with Crippen LogP contribution in [0.2, 0.25) is 0 Å². The maximum Gasteiger partial charge on any atom is 0.167 e. The Hall–Kier alpha value is -1.45. The lowest BCUT2D eigenvalue weighted by molar-refractivity contribution is -0.121. The Morgan fingerprint density at radius 2 is 2.18 bits per heavy atom. The van der Waals surface area contributed by atoms with Gasteiger partial charge in [0, 0.05) is 18.4 Å². The number of Topliss-reactive ketones (excluding diaryl/α,β-unsaturated/α-hetero) is 1. The second kappa shape index (κ2) is 5.25. The van der Waals surface area contributed by atoms with Gasteiger partial charge >= 0.3 is 0 Å². The highest BCUT2D eigenvalue weighted by molar-refractivity contribution is 5.82. The summed E-state index contributed by atoms with van der Waals surface area (Å²) < 4.78 is 31.0. The molecule has 92 valence electrons. The number of ether oxygens (including phenoxy) is 1. The fourth-order valence-corrected chi connectivity index (χ4v) is 2.10. The number of rotatable bonds is 4. The van der Waals surface area contributed by atoms with Crippen LogP contribution < -0.4 is 4.74 Å². The Morgan fingerprint density at radius 1 is 1.35 bits per heavy atom. The van der Waals surface area contributed by atoms with E-state index in [2.05, 4.69) is 0 Å². The molecule has 1 fully saturated rings. The molecule has 0 aromatic heterocycles. The third kappa shape index (κ3) is 3.02. The number of ketones is 1. The van der Waals surface area contributed by atoms with Gasteiger partial charge in [0.25, 0.3) is 0 Å². The van der Waals surface area contributed by atoms with Gasteiger partial charge in [0.05, 0.1) is 6.61 Å². The van der Waals surface area contributed by atoms with E-state index in [-0.39, 0.29) is 17.5 Å². The summed E-state index contributed by atoms with van der Waals surface area (Å²) in [5, 5.41) is 0. The average molecular weight is 240 g/mol. The smallest absolute Gasteiger partial charge is 0.167 e. The van der Waals surface area contributed by atoms with E-state index in [1.807, 2.05) is 0 Å². The number of carbonyl (C=O) groups excluding carboxylic acids is 1. The molecule has 0 aliphatic heterocycles. The summed E-state index contributed by atoms with van der Waals surface area (Å²) in [7, 11) is 0. The molecule has 0 amide bonds. The molecule has 0 saturated heterocycles. The molecule has 2 rings (SSSR count). The zero-order valence-electron chi connectivity index (χ0n) is 9.42. The van der Waals surface area contributed by atoms with Gasteiger partial charge in [-0.1, -0.05) is 0 Å². The molecular weight excluding hydrogens is 226 g/mol. The van der Waals surface area contributed by atoms with Crippen molar-refractivity contribution in [3.05, 3.63) is 29.8 Å². The van der Waals surface area contributed by atoms with E-state index in [0.717, 1.165) is 25.0 Å². The molecule has 1 atom stereocenters. The van der Waals surface area contributed by atoms with Gasteiger partial charge in [-0.2, -0.15) is 0 Å². The molecule has 0 N–H and O–H groups in total. The molecule has 4 heteroatoms. The molecule has 1 aromatic carbocycles. The number of hydrogen-bond acceptors (Lipinski definition) is 2. The van der Waals surface area contributed by atoms with Crippen molar-refractivity contribution < 1.29 is 18.3 Å². The van der Waals surface area contributed by atoms with Gasteiger partial charge in [-0.15, -0.1) is 0 Å². The molecule has 1 aliphatic rings. The Morgan fingerprint density at radius 3 is 2.82 bits per heavy atom. The van der Waals surface area contributed by atoms with Gasteiger partial charge in [-0.25, -0.2) is 8.78 Å². The second-order valence-electron chi connectivity index (χ2n) is 4.27. The molecule has 17 heavy (non-hydrogen) atoms. The zero-order chi connectivity index (χ0) is 12.3. The molecule has 0 spiro atoms. The van der Waals surface area contributed by atoms with Gasteiger partial charge in [0.15, 0.2) is 11.6 Å². The lowest BCUT2D eigenvalue weighted by Crippen LogP contribution is -2.11. The quantitative estimate of drug-likeness (QED) is 0.808. The third-order valence-electron chi connectivity index (χ3n) is 3.05.